The molecule has 1 N–H and O–H groups in total. The van der Waals surface area contributed by atoms with Crippen molar-refractivity contribution in [3.8, 4) is 0 Å². The highest BCUT2D eigenvalue weighted by Gasteiger charge is 2.30. The molecule has 0 radical (unpaired) electrons. The smallest absolute Gasteiger partial charge is 0.255 e. The molecule has 0 unspecified atom stereocenters. The Balaban J connectivity index is 1.52. The van der Waals surface area contributed by atoms with E-state index in [0.717, 1.165) is 5.56 Å². The van der Waals surface area contributed by atoms with Gasteiger partial charge in [-0.2, -0.15) is 4.31 Å². The first-order chi connectivity index (χ1) is 15.8. The Morgan fingerprint density at radius 3 is 2.24 bits per heavy atom. The topological polar surface area (TPSA) is 69.7 Å². The van der Waals surface area contributed by atoms with E-state index >= 15 is 0 Å². The minimum atomic E-state index is -3.57. The summed E-state index contributed by atoms with van der Waals surface area (Å²) in [7, 11) is -3.57. The highest BCUT2D eigenvalue weighted by molar-refractivity contribution is 7.89. The molecule has 172 valence electrons. The number of amides is 1. The van der Waals surface area contributed by atoms with E-state index in [-0.39, 0.29) is 10.8 Å². The van der Waals surface area contributed by atoms with Gasteiger partial charge in [-0.15, -0.1) is 0 Å². The molecule has 9 heteroatoms. The zero-order valence-electron chi connectivity index (χ0n) is 18.0. The van der Waals surface area contributed by atoms with E-state index in [1.54, 1.807) is 66.7 Å². The van der Waals surface area contributed by atoms with Crippen molar-refractivity contribution in [3.05, 3.63) is 87.9 Å². The van der Waals surface area contributed by atoms with Crippen molar-refractivity contribution in [2.45, 2.75) is 11.8 Å². The third kappa shape index (κ3) is 5.17. The summed E-state index contributed by atoms with van der Waals surface area (Å²) in [5.41, 5.74) is 2.66. The molecular weight excluding hydrogens is 481 g/mol. The van der Waals surface area contributed by atoms with Crippen LogP contribution in [0.1, 0.15) is 15.9 Å². The van der Waals surface area contributed by atoms with Crippen molar-refractivity contribution in [1.29, 1.82) is 0 Å². The fourth-order valence-corrected chi connectivity index (χ4v) is 5.68. The summed E-state index contributed by atoms with van der Waals surface area (Å²) in [5.74, 6) is -0.304. The molecule has 0 saturated carbocycles. The van der Waals surface area contributed by atoms with Crippen LogP contribution in [0.5, 0.6) is 0 Å². The standard InChI is InChI=1S/C24H23Cl2N3O3S/c1-17-8-10-20(11-9-17)33(31,32)29-14-12-28(13-15-29)23-21(26)6-3-7-22(23)27-24(30)18-4-2-5-19(25)16-18/h2-11,16H,12-15H2,1H3,(H,27,30). The summed E-state index contributed by atoms with van der Waals surface area (Å²) < 4.78 is 27.5. The molecule has 1 fully saturated rings. The van der Waals surface area contributed by atoms with Gasteiger partial charge in [0.05, 0.1) is 21.3 Å². The van der Waals surface area contributed by atoms with Gasteiger partial charge in [-0.25, -0.2) is 8.42 Å². The largest absolute Gasteiger partial charge is 0.366 e. The molecule has 1 heterocycles. The number of carbonyl (C=O) groups excluding carboxylic acids is 1. The Morgan fingerprint density at radius 1 is 0.909 bits per heavy atom. The number of para-hydroxylation sites is 1. The fraction of sp³-hybridized carbons (Fsp3) is 0.208. The summed E-state index contributed by atoms with van der Waals surface area (Å²) in [6, 6.07) is 18.8. The van der Waals surface area contributed by atoms with Crippen LogP contribution in [0.2, 0.25) is 10.0 Å². The Labute approximate surface area is 203 Å². The number of nitrogens with one attached hydrogen (secondary N) is 1. The molecule has 3 aromatic rings. The van der Waals surface area contributed by atoms with Crippen LogP contribution in [0.4, 0.5) is 11.4 Å². The van der Waals surface area contributed by atoms with Gasteiger partial charge in [-0.3, -0.25) is 4.79 Å². The minimum absolute atomic E-state index is 0.286. The number of benzene rings is 3. The van der Waals surface area contributed by atoms with Gasteiger partial charge in [-0.1, -0.05) is 53.0 Å². The van der Waals surface area contributed by atoms with Crippen LogP contribution in [0.15, 0.2) is 71.6 Å². The second kappa shape index (κ2) is 9.73. The third-order valence-corrected chi connectivity index (χ3v) is 7.99. The highest BCUT2D eigenvalue weighted by Crippen LogP contribution is 2.35. The quantitative estimate of drug-likeness (QED) is 0.527. The molecule has 0 aromatic heterocycles. The Bertz CT molecular complexity index is 1270. The molecule has 1 saturated heterocycles. The maximum atomic E-state index is 13.0. The van der Waals surface area contributed by atoms with Gasteiger partial charge in [0.25, 0.3) is 5.91 Å². The molecule has 33 heavy (non-hydrogen) atoms. The molecule has 0 bridgehead atoms. The molecule has 0 aliphatic carbocycles. The van der Waals surface area contributed by atoms with E-state index in [4.69, 9.17) is 23.2 Å². The number of anilines is 2. The second-order valence-corrected chi connectivity index (χ2v) is 10.6. The van der Waals surface area contributed by atoms with E-state index in [0.29, 0.717) is 53.2 Å². The van der Waals surface area contributed by atoms with Crippen molar-refractivity contribution >= 4 is 50.5 Å². The number of piperazine rings is 1. The zero-order valence-corrected chi connectivity index (χ0v) is 20.3. The van der Waals surface area contributed by atoms with Crippen LogP contribution in [0, 0.1) is 6.92 Å². The summed E-state index contributed by atoms with van der Waals surface area (Å²) in [4.78, 5) is 15.0. The summed E-state index contributed by atoms with van der Waals surface area (Å²) in [6.07, 6.45) is 0. The van der Waals surface area contributed by atoms with E-state index in [1.807, 2.05) is 11.8 Å². The van der Waals surface area contributed by atoms with Crippen molar-refractivity contribution in [2.75, 3.05) is 36.4 Å². The third-order valence-electron chi connectivity index (χ3n) is 5.54. The molecule has 3 aromatic carbocycles. The van der Waals surface area contributed by atoms with Crippen LogP contribution in [0.3, 0.4) is 0 Å². The first kappa shape index (κ1) is 23.6. The number of halogens is 2. The van der Waals surface area contributed by atoms with Crippen LogP contribution in [0.25, 0.3) is 0 Å². The van der Waals surface area contributed by atoms with Crippen LogP contribution < -0.4 is 10.2 Å². The van der Waals surface area contributed by atoms with Gasteiger partial charge in [0.2, 0.25) is 10.0 Å². The maximum Gasteiger partial charge on any atom is 0.255 e. The van der Waals surface area contributed by atoms with Crippen molar-refractivity contribution in [3.63, 3.8) is 0 Å². The number of rotatable bonds is 5. The number of aryl methyl sites for hydroxylation is 1. The van der Waals surface area contributed by atoms with Crippen molar-refractivity contribution < 1.29 is 13.2 Å². The van der Waals surface area contributed by atoms with E-state index in [2.05, 4.69) is 5.32 Å². The number of sulfonamides is 1. The molecule has 6 nitrogen and oxygen atoms in total. The lowest BCUT2D eigenvalue weighted by Gasteiger charge is -2.36. The normalized spacial score (nSPS) is 14.8. The van der Waals surface area contributed by atoms with Gasteiger partial charge in [0, 0.05) is 36.8 Å². The predicted molar refractivity (Wildman–Crippen MR) is 133 cm³/mol. The summed E-state index contributed by atoms with van der Waals surface area (Å²) in [6.45, 7) is 3.41. The summed E-state index contributed by atoms with van der Waals surface area (Å²) >= 11 is 12.5. The SMILES string of the molecule is Cc1ccc(S(=O)(=O)N2CCN(c3c(Cl)cccc3NC(=O)c3cccc(Cl)c3)CC2)cc1. The zero-order chi connectivity index (χ0) is 23.6. The van der Waals surface area contributed by atoms with Crippen LogP contribution in [-0.4, -0.2) is 44.8 Å². The molecule has 4 rings (SSSR count). The lowest BCUT2D eigenvalue weighted by molar-refractivity contribution is 0.102. The van der Waals surface area contributed by atoms with Gasteiger partial charge in [0.15, 0.2) is 0 Å². The number of carbonyl (C=O) groups is 1. The van der Waals surface area contributed by atoms with E-state index in [9.17, 15) is 13.2 Å². The van der Waals surface area contributed by atoms with Gasteiger partial charge in [0.1, 0.15) is 0 Å². The lowest BCUT2D eigenvalue weighted by Crippen LogP contribution is -2.49. The molecule has 1 aliphatic heterocycles. The van der Waals surface area contributed by atoms with E-state index < -0.39 is 10.0 Å². The van der Waals surface area contributed by atoms with Crippen LogP contribution in [-0.2, 0) is 10.0 Å². The Morgan fingerprint density at radius 2 is 1.58 bits per heavy atom. The molecule has 0 atom stereocenters. The monoisotopic (exact) mass is 503 g/mol. The van der Waals surface area contributed by atoms with Crippen molar-refractivity contribution in [2.24, 2.45) is 0 Å². The predicted octanol–water partition coefficient (Wildman–Crippen LogP) is 5.07. The van der Waals surface area contributed by atoms with Crippen LogP contribution >= 0.6 is 23.2 Å². The number of hydrogen-bond donors (Lipinski definition) is 1. The van der Waals surface area contributed by atoms with E-state index in [1.165, 1.54) is 4.31 Å². The number of nitrogens with zero attached hydrogens (tertiary/aromatic N) is 2. The maximum absolute atomic E-state index is 13.0. The lowest BCUT2D eigenvalue weighted by atomic mass is 10.2. The Kier molecular flexibility index (Phi) is 6.95. The molecule has 0 spiro atoms. The van der Waals surface area contributed by atoms with Crippen molar-refractivity contribution in [1.82, 2.24) is 4.31 Å². The van der Waals surface area contributed by atoms with Gasteiger partial charge >= 0.3 is 0 Å². The van der Waals surface area contributed by atoms with Gasteiger partial charge in [-0.05, 0) is 49.4 Å². The Hall–Kier alpha value is -2.58. The average molecular weight is 504 g/mol. The first-order valence-electron chi connectivity index (χ1n) is 10.4. The summed E-state index contributed by atoms with van der Waals surface area (Å²) in [5, 5.41) is 3.86. The average Bonchev–Trinajstić information content (AvgIpc) is 2.79. The molecule has 1 aliphatic rings. The first-order valence-corrected chi connectivity index (χ1v) is 12.6. The number of hydrogen-bond acceptors (Lipinski definition) is 4. The second-order valence-electron chi connectivity index (χ2n) is 7.80. The molecular formula is C24H23Cl2N3O3S. The molecule has 1 amide bonds. The van der Waals surface area contributed by atoms with Gasteiger partial charge < -0.3 is 10.2 Å². The highest BCUT2D eigenvalue weighted by atomic mass is 35.5. The fourth-order valence-electron chi connectivity index (χ4n) is 3.77. The minimum Gasteiger partial charge on any atom is -0.366 e.